The van der Waals surface area contributed by atoms with Gasteiger partial charge in [0.2, 0.25) is 0 Å². The van der Waals surface area contributed by atoms with E-state index in [9.17, 15) is 4.79 Å². The highest BCUT2D eigenvalue weighted by atomic mass is 16.2. The van der Waals surface area contributed by atoms with E-state index in [2.05, 4.69) is 38.7 Å². The molecule has 1 aromatic carbocycles. The molecule has 0 aromatic heterocycles. The summed E-state index contributed by atoms with van der Waals surface area (Å²) in [7, 11) is 0. The van der Waals surface area contributed by atoms with Crippen molar-refractivity contribution in [1.82, 2.24) is 10.2 Å². The average Bonchev–Trinajstić information content (AvgIpc) is 2.57. The standard InChI is InChI=1S/C18H26N2O/c1-14(12-19-18(2,3)4)13-20-11-7-9-15-8-5-6-10-16(15)17(20)21/h5-6,8,10,19H,1,7,9,11-13H2,2-4H3. The van der Waals surface area contributed by atoms with Crippen molar-refractivity contribution in [2.24, 2.45) is 0 Å². The Kier molecular flexibility index (Phi) is 4.84. The molecule has 3 nitrogen and oxygen atoms in total. The molecule has 1 aromatic rings. The molecule has 1 N–H and O–H groups in total. The Morgan fingerprint density at radius 2 is 2.05 bits per heavy atom. The molecule has 0 fully saturated rings. The van der Waals surface area contributed by atoms with Gasteiger partial charge >= 0.3 is 0 Å². The number of carbonyl (C=O) groups is 1. The highest BCUT2D eigenvalue weighted by Crippen LogP contribution is 2.19. The van der Waals surface area contributed by atoms with Crippen LogP contribution in [0, 0.1) is 0 Å². The van der Waals surface area contributed by atoms with Gasteiger partial charge in [-0.3, -0.25) is 4.79 Å². The Hall–Kier alpha value is -1.61. The van der Waals surface area contributed by atoms with Gasteiger partial charge in [0, 0.05) is 30.7 Å². The van der Waals surface area contributed by atoms with E-state index in [1.54, 1.807) is 0 Å². The zero-order chi connectivity index (χ0) is 15.5. The predicted molar refractivity (Wildman–Crippen MR) is 87.6 cm³/mol. The number of hydrogen-bond acceptors (Lipinski definition) is 2. The summed E-state index contributed by atoms with van der Waals surface area (Å²) in [6.07, 6.45) is 1.99. The summed E-state index contributed by atoms with van der Waals surface area (Å²) >= 11 is 0. The van der Waals surface area contributed by atoms with Crippen LogP contribution < -0.4 is 5.32 Å². The van der Waals surface area contributed by atoms with Gasteiger partial charge in [-0.2, -0.15) is 0 Å². The van der Waals surface area contributed by atoms with E-state index in [4.69, 9.17) is 0 Å². The van der Waals surface area contributed by atoms with E-state index in [0.717, 1.165) is 37.1 Å². The number of rotatable bonds is 4. The zero-order valence-electron chi connectivity index (χ0n) is 13.4. The van der Waals surface area contributed by atoms with Gasteiger partial charge < -0.3 is 10.2 Å². The van der Waals surface area contributed by atoms with Gasteiger partial charge in [-0.1, -0.05) is 24.8 Å². The summed E-state index contributed by atoms with van der Waals surface area (Å²) in [6, 6.07) is 7.95. The molecule has 3 heteroatoms. The Morgan fingerprint density at radius 1 is 1.33 bits per heavy atom. The maximum absolute atomic E-state index is 12.6. The van der Waals surface area contributed by atoms with Crippen molar-refractivity contribution in [2.75, 3.05) is 19.6 Å². The zero-order valence-corrected chi connectivity index (χ0v) is 13.4. The number of benzene rings is 1. The van der Waals surface area contributed by atoms with Gasteiger partial charge in [-0.25, -0.2) is 0 Å². The fourth-order valence-electron chi connectivity index (χ4n) is 2.55. The molecule has 21 heavy (non-hydrogen) atoms. The lowest BCUT2D eigenvalue weighted by Gasteiger charge is -2.25. The molecule has 2 rings (SSSR count). The van der Waals surface area contributed by atoms with Crippen LogP contribution in [-0.2, 0) is 6.42 Å². The quantitative estimate of drug-likeness (QED) is 0.863. The predicted octanol–water partition coefficient (Wildman–Crippen LogP) is 3.02. The molecular weight excluding hydrogens is 260 g/mol. The fourth-order valence-corrected chi connectivity index (χ4v) is 2.55. The molecule has 0 aliphatic carbocycles. The molecule has 0 saturated carbocycles. The van der Waals surface area contributed by atoms with Crippen LogP contribution >= 0.6 is 0 Å². The Bertz CT molecular complexity index is 528. The molecule has 0 bridgehead atoms. The number of fused-ring (bicyclic) bond motifs is 1. The van der Waals surface area contributed by atoms with Gasteiger partial charge in [0.05, 0.1) is 0 Å². The maximum Gasteiger partial charge on any atom is 0.254 e. The van der Waals surface area contributed by atoms with Crippen LogP contribution in [-0.4, -0.2) is 36.0 Å². The van der Waals surface area contributed by atoms with Crippen molar-refractivity contribution in [2.45, 2.75) is 39.2 Å². The van der Waals surface area contributed by atoms with Gasteiger partial charge in [0.1, 0.15) is 0 Å². The van der Waals surface area contributed by atoms with Crippen LogP contribution in [0.5, 0.6) is 0 Å². The van der Waals surface area contributed by atoms with E-state index in [1.807, 2.05) is 23.1 Å². The van der Waals surface area contributed by atoms with E-state index in [0.29, 0.717) is 6.54 Å². The second kappa shape index (κ2) is 6.44. The summed E-state index contributed by atoms with van der Waals surface area (Å²) in [5.41, 5.74) is 3.14. The first-order valence-electron chi connectivity index (χ1n) is 7.66. The molecule has 1 aliphatic heterocycles. The molecule has 0 spiro atoms. The third-order valence-corrected chi connectivity index (χ3v) is 3.69. The van der Waals surface area contributed by atoms with Crippen LogP contribution in [0.1, 0.15) is 43.1 Å². The molecule has 1 heterocycles. The number of hydrogen-bond donors (Lipinski definition) is 1. The van der Waals surface area contributed by atoms with Crippen LogP contribution in [0.4, 0.5) is 0 Å². The fraction of sp³-hybridized carbons (Fsp3) is 0.500. The minimum absolute atomic E-state index is 0.0678. The number of nitrogens with one attached hydrogen (secondary N) is 1. The molecule has 0 saturated heterocycles. The molecule has 1 amide bonds. The first-order chi connectivity index (χ1) is 9.87. The van der Waals surface area contributed by atoms with Crippen molar-refractivity contribution in [3.63, 3.8) is 0 Å². The van der Waals surface area contributed by atoms with Crippen molar-refractivity contribution in [3.8, 4) is 0 Å². The Balaban J connectivity index is 2.01. The average molecular weight is 286 g/mol. The first kappa shape index (κ1) is 15.8. The van der Waals surface area contributed by atoms with Crippen LogP contribution in [0.25, 0.3) is 0 Å². The lowest BCUT2D eigenvalue weighted by molar-refractivity contribution is 0.0774. The summed E-state index contributed by atoms with van der Waals surface area (Å²) in [4.78, 5) is 14.6. The van der Waals surface area contributed by atoms with Crippen molar-refractivity contribution >= 4 is 5.91 Å². The molecular formula is C18H26N2O. The summed E-state index contributed by atoms with van der Waals surface area (Å²) in [5.74, 6) is 0.139. The largest absolute Gasteiger partial charge is 0.335 e. The van der Waals surface area contributed by atoms with E-state index < -0.39 is 0 Å². The second-order valence-corrected chi connectivity index (χ2v) is 6.84. The minimum Gasteiger partial charge on any atom is -0.335 e. The van der Waals surface area contributed by atoms with Crippen LogP contribution in [0.2, 0.25) is 0 Å². The molecule has 0 radical (unpaired) electrons. The van der Waals surface area contributed by atoms with E-state index in [-0.39, 0.29) is 11.4 Å². The number of carbonyl (C=O) groups excluding carboxylic acids is 1. The monoisotopic (exact) mass is 286 g/mol. The maximum atomic E-state index is 12.6. The van der Waals surface area contributed by atoms with E-state index >= 15 is 0 Å². The molecule has 0 unspecified atom stereocenters. The van der Waals surface area contributed by atoms with Gasteiger partial charge in [-0.05, 0) is 50.8 Å². The number of nitrogens with zero attached hydrogens (tertiary/aromatic N) is 1. The Labute approximate surface area is 128 Å². The van der Waals surface area contributed by atoms with Gasteiger partial charge in [-0.15, -0.1) is 0 Å². The normalized spacial score (nSPS) is 15.6. The van der Waals surface area contributed by atoms with Gasteiger partial charge in [0.25, 0.3) is 5.91 Å². The van der Waals surface area contributed by atoms with Crippen molar-refractivity contribution in [3.05, 3.63) is 47.5 Å². The smallest absolute Gasteiger partial charge is 0.254 e. The minimum atomic E-state index is 0.0678. The highest BCUT2D eigenvalue weighted by molar-refractivity contribution is 5.96. The topological polar surface area (TPSA) is 32.3 Å². The van der Waals surface area contributed by atoms with Crippen LogP contribution in [0.15, 0.2) is 36.4 Å². The molecule has 0 atom stereocenters. The van der Waals surface area contributed by atoms with Gasteiger partial charge in [0.15, 0.2) is 0 Å². The van der Waals surface area contributed by atoms with Crippen molar-refractivity contribution in [1.29, 1.82) is 0 Å². The third kappa shape index (κ3) is 4.43. The lowest BCUT2D eigenvalue weighted by atomic mass is 10.0. The van der Waals surface area contributed by atoms with Crippen molar-refractivity contribution < 1.29 is 4.79 Å². The SMILES string of the molecule is C=C(CNC(C)(C)C)CN1CCCc2ccccc2C1=O. The van der Waals surface area contributed by atoms with Crippen LogP contribution in [0.3, 0.4) is 0 Å². The third-order valence-electron chi connectivity index (χ3n) is 3.69. The van der Waals surface area contributed by atoms with E-state index in [1.165, 1.54) is 5.56 Å². The Morgan fingerprint density at radius 3 is 2.76 bits per heavy atom. The molecule has 114 valence electrons. The number of aryl methyl sites for hydroxylation is 1. The highest BCUT2D eigenvalue weighted by Gasteiger charge is 2.22. The summed E-state index contributed by atoms with van der Waals surface area (Å²) in [6.45, 7) is 12.7. The first-order valence-corrected chi connectivity index (χ1v) is 7.66. The lowest BCUT2D eigenvalue weighted by Crippen LogP contribution is -2.40. The summed E-state index contributed by atoms with van der Waals surface area (Å²) < 4.78 is 0. The molecule has 1 aliphatic rings. The summed E-state index contributed by atoms with van der Waals surface area (Å²) in [5, 5.41) is 3.42. The number of amides is 1. The second-order valence-electron chi connectivity index (χ2n) is 6.84.